The van der Waals surface area contributed by atoms with E-state index >= 15 is 0 Å². The van der Waals surface area contributed by atoms with Gasteiger partial charge in [0.15, 0.2) is 5.65 Å². The second-order valence-corrected chi connectivity index (χ2v) is 6.25. The largest absolute Gasteiger partial charge is 0.459 e. The highest BCUT2D eigenvalue weighted by molar-refractivity contribution is 6.30. The van der Waals surface area contributed by atoms with Crippen LogP contribution in [0.4, 0.5) is 4.79 Å². The van der Waals surface area contributed by atoms with Gasteiger partial charge >= 0.3 is 17.7 Å². The molecule has 1 amide bonds. The van der Waals surface area contributed by atoms with Gasteiger partial charge in [-0.3, -0.25) is 4.57 Å². The molecule has 0 saturated heterocycles. The maximum absolute atomic E-state index is 12.5. The van der Waals surface area contributed by atoms with Crippen LogP contribution in [0, 0.1) is 0 Å². The third-order valence-electron chi connectivity index (χ3n) is 3.82. The van der Waals surface area contributed by atoms with Gasteiger partial charge in [0.2, 0.25) is 0 Å². The third kappa shape index (κ3) is 3.28. The number of fused-ring (bicyclic) bond motifs is 1. The van der Waals surface area contributed by atoms with Crippen molar-refractivity contribution in [2.45, 2.75) is 20.1 Å². The molecule has 0 saturated carbocycles. The molecule has 0 spiro atoms. The first-order valence-corrected chi connectivity index (χ1v) is 8.37. The highest BCUT2D eigenvalue weighted by Crippen LogP contribution is 2.16. The normalized spacial score (nSPS) is 10.9. The monoisotopic (exact) mass is 375 g/mol. The van der Waals surface area contributed by atoms with Crippen LogP contribution < -0.4 is 10.4 Å². The van der Waals surface area contributed by atoms with Crippen molar-refractivity contribution in [2.24, 2.45) is 0 Å². The molecule has 136 valence electrons. The summed E-state index contributed by atoms with van der Waals surface area (Å²) in [6.45, 7) is 2.46. The topological polar surface area (TPSA) is 82.2 Å². The number of nitrogens with zero attached hydrogens (tertiary/aromatic N) is 5. The van der Waals surface area contributed by atoms with Crippen LogP contribution >= 0.6 is 11.6 Å². The summed E-state index contributed by atoms with van der Waals surface area (Å²) in [4.78, 5) is 34.7. The number of rotatable bonds is 4. The van der Waals surface area contributed by atoms with Gasteiger partial charge in [0.05, 0.1) is 6.20 Å². The fourth-order valence-electron chi connectivity index (χ4n) is 2.50. The lowest BCUT2D eigenvalue weighted by Crippen LogP contribution is -2.36. The van der Waals surface area contributed by atoms with Crippen molar-refractivity contribution in [2.75, 3.05) is 14.1 Å². The molecule has 0 aliphatic rings. The van der Waals surface area contributed by atoms with Gasteiger partial charge in [-0.15, -0.1) is 0 Å². The van der Waals surface area contributed by atoms with Crippen molar-refractivity contribution >= 4 is 28.8 Å². The fraction of sp³-hybridized carbons (Fsp3) is 0.294. The van der Waals surface area contributed by atoms with Crippen molar-refractivity contribution in [3.8, 4) is 6.01 Å². The lowest BCUT2D eigenvalue weighted by atomic mass is 10.2. The van der Waals surface area contributed by atoms with Gasteiger partial charge in [-0.2, -0.15) is 9.55 Å². The van der Waals surface area contributed by atoms with Gasteiger partial charge in [0.25, 0.3) is 0 Å². The molecular weight excluding hydrogens is 358 g/mol. The Morgan fingerprint density at radius 2 is 1.96 bits per heavy atom. The van der Waals surface area contributed by atoms with Crippen LogP contribution in [0.2, 0.25) is 5.02 Å². The Bertz CT molecular complexity index is 1010. The van der Waals surface area contributed by atoms with Crippen LogP contribution in [0.1, 0.15) is 12.5 Å². The number of amides is 1. The number of halogens is 1. The van der Waals surface area contributed by atoms with Crippen LogP contribution in [0.25, 0.3) is 11.2 Å². The van der Waals surface area contributed by atoms with Crippen molar-refractivity contribution in [1.82, 2.24) is 24.0 Å². The molecule has 8 nitrogen and oxygen atoms in total. The zero-order valence-corrected chi connectivity index (χ0v) is 15.4. The minimum Gasteiger partial charge on any atom is -0.459 e. The quantitative estimate of drug-likeness (QED) is 0.699. The van der Waals surface area contributed by atoms with Gasteiger partial charge in [0.1, 0.15) is 12.1 Å². The molecule has 1 aromatic carbocycles. The van der Waals surface area contributed by atoms with E-state index < -0.39 is 11.7 Å². The Labute approximate surface area is 154 Å². The summed E-state index contributed by atoms with van der Waals surface area (Å²) in [7, 11) is 3.14. The summed E-state index contributed by atoms with van der Waals surface area (Å²) in [5, 5.41) is 0.638. The fourth-order valence-corrected chi connectivity index (χ4v) is 2.62. The predicted octanol–water partition coefficient (Wildman–Crippen LogP) is 2.38. The highest BCUT2D eigenvalue weighted by atomic mass is 35.5. The minimum atomic E-state index is -0.477. The first-order valence-electron chi connectivity index (χ1n) is 7.99. The van der Waals surface area contributed by atoms with Crippen molar-refractivity contribution in [3.05, 3.63) is 51.5 Å². The van der Waals surface area contributed by atoms with Crippen molar-refractivity contribution in [3.63, 3.8) is 0 Å². The smallest absolute Gasteiger partial charge is 0.338 e. The first-order chi connectivity index (χ1) is 12.4. The standard InChI is InChI=1S/C17H18ClN5O3/c1-4-22-13-9-19-15(26-10-11-5-7-12(18)8-6-11)20-14(13)23(17(22)25)16(24)21(2)3/h5-9H,4,10H2,1-3H3. The molecule has 0 atom stereocenters. The molecule has 0 aliphatic carbocycles. The summed E-state index contributed by atoms with van der Waals surface area (Å²) in [6, 6.07) is 6.80. The Hall–Kier alpha value is -2.87. The molecule has 0 unspecified atom stereocenters. The summed E-state index contributed by atoms with van der Waals surface area (Å²) >= 11 is 5.86. The summed E-state index contributed by atoms with van der Waals surface area (Å²) in [5.74, 6) is 0. The van der Waals surface area contributed by atoms with E-state index in [1.165, 1.54) is 15.7 Å². The van der Waals surface area contributed by atoms with Crippen LogP contribution in [-0.4, -0.2) is 44.1 Å². The summed E-state index contributed by atoms with van der Waals surface area (Å²) in [5.41, 5.74) is 1.14. The lowest BCUT2D eigenvalue weighted by Gasteiger charge is -2.10. The van der Waals surface area contributed by atoms with Crippen LogP contribution in [0.15, 0.2) is 35.3 Å². The van der Waals surface area contributed by atoms with Gasteiger partial charge in [0, 0.05) is 25.7 Å². The third-order valence-corrected chi connectivity index (χ3v) is 4.08. The molecule has 0 radical (unpaired) electrons. The number of aryl methyl sites for hydroxylation is 1. The lowest BCUT2D eigenvalue weighted by molar-refractivity contribution is 0.218. The zero-order valence-electron chi connectivity index (χ0n) is 14.6. The number of benzene rings is 1. The van der Waals surface area contributed by atoms with E-state index in [0.717, 1.165) is 10.1 Å². The van der Waals surface area contributed by atoms with Crippen LogP contribution in [0.5, 0.6) is 6.01 Å². The molecule has 0 fully saturated rings. The highest BCUT2D eigenvalue weighted by Gasteiger charge is 2.21. The molecule has 2 heterocycles. The van der Waals surface area contributed by atoms with Gasteiger partial charge in [-0.1, -0.05) is 23.7 Å². The van der Waals surface area contributed by atoms with E-state index in [1.807, 2.05) is 19.1 Å². The Morgan fingerprint density at radius 3 is 2.58 bits per heavy atom. The van der Waals surface area contributed by atoms with Crippen LogP contribution in [-0.2, 0) is 13.2 Å². The number of imidazole rings is 1. The molecule has 0 bridgehead atoms. The average Bonchev–Trinajstić information content (AvgIpc) is 2.90. The Balaban J connectivity index is 1.98. The van der Waals surface area contributed by atoms with E-state index in [0.29, 0.717) is 17.1 Å². The molecule has 26 heavy (non-hydrogen) atoms. The van der Waals surface area contributed by atoms with E-state index in [2.05, 4.69) is 9.97 Å². The number of hydrogen-bond donors (Lipinski definition) is 0. The molecule has 9 heteroatoms. The summed E-state index contributed by atoms with van der Waals surface area (Å²) < 4.78 is 8.07. The molecule has 3 aromatic rings. The van der Waals surface area contributed by atoms with Crippen molar-refractivity contribution < 1.29 is 9.53 Å². The van der Waals surface area contributed by atoms with Crippen molar-refractivity contribution in [1.29, 1.82) is 0 Å². The molecule has 2 aromatic heterocycles. The van der Waals surface area contributed by atoms with E-state index in [-0.39, 0.29) is 18.3 Å². The molecule has 0 aliphatic heterocycles. The predicted molar refractivity (Wildman–Crippen MR) is 97.7 cm³/mol. The Morgan fingerprint density at radius 1 is 1.27 bits per heavy atom. The maximum Gasteiger partial charge on any atom is 0.338 e. The SMILES string of the molecule is CCn1c(=O)n(C(=O)N(C)C)c2nc(OCc3ccc(Cl)cc3)ncc21. The zero-order chi connectivity index (χ0) is 18.8. The second kappa shape index (κ2) is 7.17. The van der Waals surface area contributed by atoms with Crippen LogP contribution in [0.3, 0.4) is 0 Å². The number of carbonyl (C=O) groups excluding carboxylic acids is 1. The Kier molecular flexibility index (Phi) is 4.94. The second-order valence-electron chi connectivity index (χ2n) is 5.82. The number of aromatic nitrogens is 4. The minimum absolute atomic E-state index is 0.0843. The molecule has 0 N–H and O–H groups in total. The molecule has 3 rings (SSSR count). The summed E-state index contributed by atoms with van der Waals surface area (Å²) in [6.07, 6.45) is 1.49. The number of hydrogen-bond acceptors (Lipinski definition) is 5. The van der Waals surface area contributed by atoms with E-state index in [9.17, 15) is 9.59 Å². The van der Waals surface area contributed by atoms with Gasteiger partial charge in [-0.05, 0) is 24.6 Å². The average molecular weight is 376 g/mol. The first kappa shape index (κ1) is 17.9. The maximum atomic E-state index is 12.5. The van der Waals surface area contributed by atoms with Gasteiger partial charge < -0.3 is 9.64 Å². The number of carbonyl (C=O) groups is 1. The van der Waals surface area contributed by atoms with E-state index in [4.69, 9.17) is 16.3 Å². The number of ether oxygens (including phenoxy) is 1. The van der Waals surface area contributed by atoms with E-state index in [1.54, 1.807) is 26.2 Å². The molecular formula is C17H18ClN5O3. The van der Waals surface area contributed by atoms with Gasteiger partial charge in [-0.25, -0.2) is 14.6 Å².